The fraction of sp³-hybridized carbons (Fsp3) is 0. The van der Waals surface area contributed by atoms with Crippen molar-refractivity contribution >= 4 is 39.8 Å². The van der Waals surface area contributed by atoms with Gasteiger partial charge < -0.3 is 15.5 Å². The van der Waals surface area contributed by atoms with Crippen molar-refractivity contribution in [3.63, 3.8) is 0 Å². The van der Waals surface area contributed by atoms with Gasteiger partial charge in [-0.05, 0) is 66.7 Å². The predicted molar refractivity (Wildman–Crippen MR) is 141 cm³/mol. The molecule has 5 aromatic rings. The van der Waals surface area contributed by atoms with E-state index in [-0.39, 0.29) is 0 Å². The smallest absolute Gasteiger partial charge is 0.0502 e. The van der Waals surface area contributed by atoms with Crippen LogP contribution in [0.3, 0.4) is 0 Å². The molecule has 160 valence electrons. The van der Waals surface area contributed by atoms with E-state index in [2.05, 4.69) is 107 Å². The molecule has 0 aliphatic carbocycles. The van der Waals surface area contributed by atoms with Gasteiger partial charge in [-0.1, -0.05) is 72.8 Å². The largest absolute Gasteiger partial charge is 0.355 e. The Kier molecular flexibility index (Phi) is 6.03. The Morgan fingerprint density at radius 1 is 0.333 bits per heavy atom. The topological polar surface area (TPSA) is 27.3 Å². The third-order valence-corrected chi connectivity index (χ3v) is 5.33. The second-order valence-electron chi connectivity index (χ2n) is 7.76. The standard InChI is InChI=1S/C30H25N3/c1-5-13-24(14-6-1)31-26-21-27(32-25-15-7-2-8-16-25)23-30(22-26)33(28-17-9-3-10-18-28)29-19-11-4-12-20-29/h1-23,31-32H. The number of nitrogens with one attached hydrogen (secondary N) is 2. The Labute approximate surface area is 195 Å². The molecule has 0 heterocycles. The molecule has 0 atom stereocenters. The van der Waals surface area contributed by atoms with Gasteiger partial charge in [0.05, 0.1) is 5.69 Å². The first-order valence-electron chi connectivity index (χ1n) is 11.0. The van der Waals surface area contributed by atoms with E-state index in [4.69, 9.17) is 0 Å². The average Bonchev–Trinajstić information content (AvgIpc) is 2.87. The van der Waals surface area contributed by atoms with Crippen LogP contribution >= 0.6 is 0 Å². The SMILES string of the molecule is c1ccc(Nc2cc(Nc3ccccc3)cc(N(c3ccccc3)c3ccccc3)c2)cc1. The summed E-state index contributed by atoms with van der Waals surface area (Å²) < 4.78 is 0. The summed E-state index contributed by atoms with van der Waals surface area (Å²) in [5, 5.41) is 7.12. The van der Waals surface area contributed by atoms with E-state index in [0.29, 0.717) is 0 Å². The van der Waals surface area contributed by atoms with Crippen molar-refractivity contribution in [3.8, 4) is 0 Å². The van der Waals surface area contributed by atoms with Gasteiger partial charge in [-0.15, -0.1) is 0 Å². The summed E-state index contributed by atoms with van der Waals surface area (Å²) in [5.41, 5.74) is 7.38. The van der Waals surface area contributed by atoms with Gasteiger partial charge in [0.25, 0.3) is 0 Å². The van der Waals surface area contributed by atoms with Crippen LogP contribution in [0, 0.1) is 0 Å². The lowest BCUT2D eigenvalue weighted by molar-refractivity contribution is 1.28. The quantitative estimate of drug-likeness (QED) is 0.272. The molecule has 0 unspecified atom stereocenters. The van der Waals surface area contributed by atoms with Crippen LogP contribution in [0.15, 0.2) is 140 Å². The number of hydrogen-bond donors (Lipinski definition) is 2. The zero-order valence-electron chi connectivity index (χ0n) is 18.2. The molecule has 2 N–H and O–H groups in total. The van der Waals surface area contributed by atoms with E-state index in [1.54, 1.807) is 0 Å². The summed E-state index contributed by atoms with van der Waals surface area (Å²) in [4.78, 5) is 2.27. The number of nitrogens with zero attached hydrogens (tertiary/aromatic N) is 1. The number of rotatable bonds is 7. The molecule has 0 bridgehead atoms. The van der Waals surface area contributed by atoms with Crippen molar-refractivity contribution in [2.75, 3.05) is 15.5 Å². The van der Waals surface area contributed by atoms with Crippen molar-refractivity contribution in [3.05, 3.63) is 140 Å². The van der Waals surface area contributed by atoms with Gasteiger partial charge in [-0.2, -0.15) is 0 Å². The molecular weight excluding hydrogens is 402 g/mol. The highest BCUT2D eigenvalue weighted by atomic mass is 15.1. The molecule has 0 aromatic heterocycles. The molecule has 0 aliphatic heterocycles. The molecular formula is C30H25N3. The zero-order chi connectivity index (χ0) is 22.3. The molecule has 3 nitrogen and oxygen atoms in total. The van der Waals surface area contributed by atoms with Gasteiger partial charge in [0.2, 0.25) is 0 Å². The summed E-state index contributed by atoms with van der Waals surface area (Å²) >= 11 is 0. The van der Waals surface area contributed by atoms with Crippen LogP contribution < -0.4 is 15.5 Å². The maximum absolute atomic E-state index is 3.56. The molecule has 0 spiro atoms. The van der Waals surface area contributed by atoms with Crippen molar-refractivity contribution in [1.82, 2.24) is 0 Å². The normalized spacial score (nSPS) is 10.4. The molecule has 0 aliphatic rings. The highest BCUT2D eigenvalue weighted by molar-refractivity contribution is 5.83. The lowest BCUT2D eigenvalue weighted by atomic mass is 10.1. The van der Waals surface area contributed by atoms with E-state index in [1.807, 2.05) is 48.5 Å². The van der Waals surface area contributed by atoms with Gasteiger partial charge in [0, 0.05) is 34.1 Å². The molecule has 5 aromatic carbocycles. The molecule has 0 saturated carbocycles. The van der Waals surface area contributed by atoms with Gasteiger partial charge in [0.15, 0.2) is 0 Å². The average molecular weight is 428 g/mol. The Morgan fingerprint density at radius 2 is 0.697 bits per heavy atom. The maximum Gasteiger partial charge on any atom is 0.0502 e. The first-order chi connectivity index (χ1) is 16.3. The minimum Gasteiger partial charge on any atom is -0.355 e. The Balaban J connectivity index is 1.62. The van der Waals surface area contributed by atoms with Crippen LogP contribution in [0.4, 0.5) is 39.8 Å². The number of anilines is 7. The monoisotopic (exact) mass is 427 g/mol. The van der Waals surface area contributed by atoms with Crippen LogP contribution in [0.2, 0.25) is 0 Å². The van der Waals surface area contributed by atoms with E-state index in [1.165, 1.54) is 0 Å². The van der Waals surface area contributed by atoms with Crippen LogP contribution in [-0.4, -0.2) is 0 Å². The van der Waals surface area contributed by atoms with Crippen LogP contribution in [0.5, 0.6) is 0 Å². The lowest BCUT2D eigenvalue weighted by Gasteiger charge is -2.27. The van der Waals surface area contributed by atoms with Crippen molar-refractivity contribution in [1.29, 1.82) is 0 Å². The minimum atomic E-state index is 1.01. The summed E-state index contributed by atoms with van der Waals surface area (Å²) in [6.45, 7) is 0. The maximum atomic E-state index is 3.56. The Morgan fingerprint density at radius 3 is 1.09 bits per heavy atom. The zero-order valence-corrected chi connectivity index (χ0v) is 18.2. The van der Waals surface area contributed by atoms with Crippen molar-refractivity contribution in [2.24, 2.45) is 0 Å². The van der Waals surface area contributed by atoms with Crippen molar-refractivity contribution in [2.45, 2.75) is 0 Å². The lowest BCUT2D eigenvalue weighted by Crippen LogP contribution is -2.10. The fourth-order valence-electron chi connectivity index (χ4n) is 3.86. The van der Waals surface area contributed by atoms with E-state index < -0.39 is 0 Å². The molecule has 3 heteroatoms. The van der Waals surface area contributed by atoms with Crippen LogP contribution in [-0.2, 0) is 0 Å². The molecule has 0 radical (unpaired) electrons. The number of benzene rings is 5. The second kappa shape index (κ2) is 9.75. The van der Waals surface area contributed by atoms with Gasteiger partial charge in [-0.3, -0.25) is 0 Å². The highest BCUT2D eigenvalue weighted by Gasteiger charge is 2.14. The third-order valence-electron chi connectivity index (χ3n) is 5.33. The second-order valence-corrected chi connectivity index (χ2v) is 7.76. The van der Waals surface area contributed by atoms with Crippen molar-refractivity contribution < 1.29 is 0 Å². The minimum absolute atomic E-state index is 1.01. The first kappa shape index (κ1) is 20.4. The van der Waals surface area contributed by atoms with Gasteiger partial charge in [-0.25, -0.2) is 0 Å². The summed E-state index contributed by atoms with van der Waals surface area (Å²) in [6, 6.07) is 47.9. The third kappa shape index (κ3) is 5.05. The molecule has 0 fully saturated rings. The highest BCUT2D eigenvalue weighted by Crippen LogP contribution is 2.38. The summed E-state index contributed by atoms with van der Waals surface area (Å²) in [6.07, 6.45) is 0. The number of hydrogen-bond acceptors (Lipinski definition) is 3. The Hall–Kier alpha value is -4.50. The van der Waals surface area contributed by atoms with Gasteiger partial charge >= 0.3 is 0 Å². The van der Waals surface area contributed by atoms with Crippen LogP contribution in [0.25, 0.3) is 0 Å². The van der Waals surface area contributed by atoms with Gasteiger partial charge in [0.1, 0.15) is 0 Å². The molecule has 0 amide bonds. The van der Waals surface area contributed by atoms with Crippen LogP contribution in [0.1, 0.15) is 0 Å². The molecule has 5 rings (SSSR count). The summed E-state index contributed by atoms with van der Waals surface area (Å²) in [5.74, 6) is 0. The first-order valence-corrected chi connectivity index (χ1v) is 11.0. The summed E-state index contributed by atoms with van der Waals surface area (Å²) in [7, 11) is 0. The fourth-order valence-corrected chi connectivity index (χ4v) is 3.86. The molecule has 33 heavy (non-hydrogen) atoms. The van der Waals surface area contributed by atoms with E-state index in [9.17, 15) is 0 Å². The molecule has 0 saturated heterocycles. The number of para-hydroxylation sites is 4. The van der Waals surface area contributed by atoms with E-state index >= 15 is 0 Å². The van der Waals surface area contributed by atoms with E-state index in [0.717, 1.165) is 39.8 Å². The Bertz CT molecular complexity index is 1190. The predicted octanol–water partition coefficient (Wildman–Crippen LogP) is 8.64.